The number of nitrogens with zero attached hydrogens (tertiary/aromatic N) is 1. The Labute approximate surface area is 169 Å². The lowest BCUT2D eigenvalue weighted by Crippen LogP contribution is -2.15. The van der Waals surface area contributed by atoms with E-state index in [-0.39, 0.29) is 5.91 Å². The van der Waals surface area contributed by atoms with Gasteiger partial charge < -0.3 is 15.4 Å². The standard InChI is InChI=1S/C22H22ClN3O2/c1-2-28-21-6-4-3-5-19(21)26-22(27)20-15-18(12-14-25-20)24-13-11-16-7-9-17(23)10-8-16/h3-10,12,14-15H,2,11,13H2,1H3,(H,24,25)(H,26,27). The zero-order valence-corrected chi connectivity index (χ0v) is 16.4. The average Bonchev–Trinajstić information content (AvgIpc) is 2.71. The number of hydrogen-bond donors (Lipinski definition) is 2. The van der Waals surface area contributed by atoms with Crippen LogP contribution in [0, 0.1) is 0 Å². The summed E-state index contributed by atoms with van der Waals surface area (Å²) in [5, 5.41) is 6.91. The summed E-state index contributed by atoms with van der Waals surface area (Å²) in [7, 11) is 0. The van der Waals surface area contributed by atoms with E-state index in [4.69, 9.17) is 16.3 Å². The van der Waals surface area contributed by atoms with Crippen molar-refractivity contribution in [2.75, 3.05) is 23.8 Å². The molecule has 1 aromatic heterocycles. The number of benzene rings is 2. The van der Waals surface area contributed by atoms with E-state index >= 15 is 0 Å². The molecule has 144 valence electrons. The van der Waals surface area contributed by atoms with Crippen LogP contribution in [0.3, 0.4) is 0 Å². The molecule has 28 heavy (non-hydrogen) atoms. The van der Waals surface area contributed by atoms with Crippen molar-refractivity contribution in [2.24, 2.45) is 0 Å². The molecule has 0 saturated carbocycles. The monoisotopic (exact) mass is 395 g/mol. The summed E-state index contributed by atoms with van der Waals surface area (Å²) in [6.45, 7) is 3.16. The van der Waals surface area contributed by atoms with Gasteiger partial charge in [0.1, 0.15) is 11.4 Å². The number of halogens is 1. The Kier molecular flexibility index (Phi) is 6.87. The van der Waals surface area contributed by atoms with Gasteiger partial charge in [-0.3, -0.25) is 9.78 Å². The van der Waals surface area contributed by atoms with Crippen LogP contribution in [0.25, 0.3) is 0 Å². The number of anilines is 2. The van der Waals surface area contributed by atoms with Gasteiger partial charge in [-0.25, -0.2) is 0 Å². The Morgan fingerprint density at radius 2 is 1.89 bits per heavy atom. The highest BCUT2D eigenvalue weighted by atomic mass is 35.5. The van der Waals surface area contributed by atoms with Gasteiger partial charge in [0.2, 0.25) is 0 Å². The SMILES string of the molecule is CCOc1ccccc1NC(=O)c1cc(NCCc2ccc(Cl)cc2)ccn1. The third kappa shape index (κ3) is 5.47. The van der Waals surface area contributed by atoms with E-state index in [1.165, 1.54) is 5.56 Å². The van der Waals surface area contributed by atoms with Crippen LogP contribution >= 0.6 is 11.6 Å². The molecule has 0 radical (unpaired) electrons. The molecule has 6 heteroatoms. The fourth-order valence-corrected chi connectivity index (χ4v) is 2.83. The van der Waals surface area contributed by atoms with Crippen molar-refractivity contribution in [3.8, 4) is 5.75 Å². The average molecular weight is 396 g/mol. The Morgan fingerprint density at radius 1 is 1.11 bits per heavy atom. The van der Waals surface area contributed by atoms with Crippen molar-refractivity contribution in [2.45, 2.75) is 13.3 Å². The van der Waals surface area contributed by atoms with Crippen LogP contribution in [-0.4, -0.2) is 24.0 Å². The van der Waals surface area contributed by atoms with Gasteiger partial charge in [0, 0.05) is 23.5 Å². The summed E-state index contributed by atoms with van der Waals surface area (Å²) in [5.74, 6) is 0.351. The second-order valence-electron chi connectivity index (χ2n) is 6.12. The van der Waals surface area contributed by atoms with Crippen LogP contribution in [-0.2, 0) is 6.42 Å². The lowest BCUT2D eigenvalue weighted by atomic mass is 10.1. The molecule has 0 aliphatic heterocycles. The first-order valence-electron chi connectivity index (χ1n) is 9.13. The number of rotatable bonds is 8. The van der Waals surface area contributed by atoms with E-state index in [0.29, 0.717) is 23.7 Å². The van der Waals surface area contributed by atoms with Gasteiger partial charge in [-0.15, -0.1) is 0 Å². The molecule has 0 aliphatic carbocycles. The van der Waals surface area contributed by atoms with Gasteiger partial charge in [0.15, 0.2) is 0 Å². The van der Waals surface area contributed by atoms with Gasteiger partial charge in [-0.2, -0.15) is 0 Å². The smallest absolute Gasteiger partial charge is 0.274 e. The maximum atomic E-state index is 12.6. The van der Waals surface area contributed by atoms with Crippen molar-refractivity contribution in [3.05, 3.63) is 83.1 Å². The lowest BCUT2D eigenvalue weighted by molar-refractivity contribution is 0.102. The minimum atomic E-state index is -0.284. The topological polar surface area (TPSA) is 63.2 Å². The van der Waals surface area contributed by atoms with Crippen LogP contribution in [0.4, 0.5) is 11.4 Å². The van der Waals surface area contributed by atoms with E-state index in [2.05, 4.69) is 15.6 Å². The van der Waals surface area contributed by atoms with Crippen LogP contribution < -0.4 is 15.4 Å². The Bertz CT molecular complexity index is 929. The highest BCUT2D eigenvalue weighted by Gasteiger charge is 2.11. The summed E-state index contributed by atoms with van der Waals surface area (Å²) in [5.41, 5.74) is 2.99. The molecule has 2 aromatic carbocycles. The summed E-state index contributed by atoms with van der Waals surface area (Å²) in [4.78, 5) is 16.8. The quantitative estimate of drug-likeness (QED) is 0.560. The second-order valence-corrected chi connectivity index (χ2v) is 6.55. The molecule has 0 fully saturated rings. The molecule has 2 N–H and O–H groups in total. The van der Waals surface area contributed by atoms with E-state index in [1.54, 1.807) is 18.3 Å². The number of aromatic nitrogens is 1. The third-order valence-corrected chi connectivity index (χ3v) is 4.34. The highest BCUT2D eigenvalue weighted by molar-refractivity contribution is 6.30. The van der Waals surface area contributed by atoms with Gasteiger partial charge in [-0.1, -0.05) is 35.9 Å². The van der Waals surface area contributed by atoms with E-state index in [0.717, 1.165) is 23.7 Å². The molecule has 0 saturated heterocycles. The molecular formula is C22H22ClN3O2. The minimum Gasteiger partial charge on any atom is -0.492 e. The first-order valence-corrected chi connectivity index (χ1v) is 9.51. The largest absolute Gasteiger partial charge is 0.492 e. The van der Waals surface area contributed by atoms with Crippen molar-refractivity contribution in [3.63, 3.8) is 0 Å². The molecule has 0 spiro atoms. The fourth-order valence-electron chi connectivity index (χ4n) is 2.70. The fraction of sp³-hybridized carbons (Fsp3) is 0.182. The molecule has 0 unspecified atom stereocenters. The molecule has 0 aliphatic rings. The first kappa shape index (κ1) is 19.7. The van der Waals surface area contributed by atoms with Crippen LogP contribution in [0.5, 0.6) is 5.75 Å². The van der Waals surface area contributed by atoms with Crippen LogP contribution in [0.15, 0.2) is 66.9 Å². The number of para-hydroxylation sites is 2. The van der Waals surface area contributed by atoms with Crippen LogP contribution in [0.1, 0.15) is 23.0 Å². The second kappa shape index (κ2) is 9.76. The van der Waals surface area contributed by atoms with Crippen molar-refractivity contribution >= 4 is 28.9 Å². The maximum absolute atomic E-state index is 12.6. The van der Waals surface area contributed by atoms with E-state index in [1.807, 2.05) is 55.5 Å². The molecule has 0 atom stereocenters. The maximum Gasteiger partial charge on any atom is 0.274 e. The summed E-state index contributed by atoms with van der Waals surface area (Å²) in [6.07, 6.45) is 2.47. The molecule has 1 heterocycles. The van der Waals surface area contributed by atoms with Crippen molar-refractivity contribution in [1.82, 2.24) is 4.98 Å². The number of nitrogens with one attached hydrogen (secondary N) is 2. The zero-order chi connectivity index (χ0) is 19.8. The van der Waals surface area contributed by atoms with Crippen LogP contribution in [0.2, 0.25) is 5.02 Å². The Hall–Kier alpha value is -3.05. The van der Waals surface area contributed by atoms with E-state index in [9.17, 15) is 4.79 Å². The summed E-state index contributed by atoms with van der Waals surface area (Å²) < 4.78 is 5.54. The zero-order valence-electron chi connectivity index (χ0n) is 15.6. The van der Waals surface area contributed by atoms with Crippen molar-refractivity contribution < 1.29 is 9.53 Å². The minimum absolute atomic E-state index is 0.284. The molecule has 1 amide bonds. The number of amides is 1. The molecule has 0 bridgehead atoms. The third-order valence-electron chi connectivity index (χ3n) is 4.08. The predicted molar refractivity (Wildman–Crippen MR) is 113 cm³/mol. The van der Waals surface area contributed by atoms with Gasteiger partial charge in [0.25, 0.3) is 5.91 Å². The van der Waals surface area contributed by atoms with Gasteiger partial charge in [0.05, 0.1) is 12.3 Å². The number of ether oxygens (including phenoxy) is 1. The Morgan fingerprint density at radius 3 is 2.68 bits per heavy atom. The van der Waals surface area contributed by atoms with Gasteiger partial charge >= 0.3 is 0 Å². The number of carbonyl (C=O) groups is 1. The molecule has 3 rings (SSSR count). The number of hydrogen-bond acceptors (Lipinski definition) is 4. The van der Waals surface area contributed by atoms with E-state index < -0.39 is 0 Å². The lowest BCUT2D eigenvalue weighted by Gasteiger charge is -2.12. The summed E-state index contributed by atoms with van der Waals surface area (Å²) >= 11 is 5.91. The first-order chi connectivity index (χ1) is 13.7. The molecular weight excluding hydrogens is 374 g/mol. The molecule has 3 aromatic rings. The van der Waals surface area contributed by atoms with Crippen molar-refractivity contribution in [1.29, 1.82) is 0 Å². The highest BCUT2D eigenvalue weighted by Crippen LogP contribution is 2.24. The Balaban J connectivity index is 1.61. The normalized spacial score (nSPS) is 10.4. The van der Waals surface area contributed by atoms with Gasteiger partial charge in [-0.05, 0) is 55.3 Å². The summed E-state index contributed by atoms with van der Waals surface area (Å²) in [6, 6.07) is 18.7. The number of pyridine rings is 1. The predicted octanol–water partition coefficient (Wildman–Crippen LogP) is 5.04. The molecule has 5 nitrogen and oxygen atoms in total. The number of carbonyl (C=O) groups excluding carboxylic acids is 1.